The van der Waals surface area contributed by atoms with Crippen LogP contribution in [0.2, 0.25) is 0 Å². The van der Waals surface area contributed by atoms with Crippen molar-refractivity contribution in [2.45, 2.75) is 95.8 Å². The zero-order chi connectivity index (χ0) is 26.1. The molecule has 0 aromatic heterocycles. The second-order valence-corrected chi connectivity index (χ2v) is 11.0. The number of aliphatic hydroxyl groups is 3. The molecule has 1 spiro atoms. The number of epoxide rings is 1. The molecule has 196 valence electrons. The Morgan fingerprint density at radius 2 is 1.80 bits per heavy atom. The molecule has 4 unspecified atom stereocenters. The van der Waals surface area contributed by atoms with Crippen LogP contribution in [0.3, 0.4) is 0 Å². The van der Waals surface area contributed by atoms with E-state index in [0.717, 1.165) is 0 Å². The fourth-order valence-corrected chi connectivity index (χ4v) is 6.39. The summed E-state index contributed by atoms with van der Waals surface area (Å²) in [5.41, 5.74) is -4.79. The highest BCUT2D eigenvalue weighted by Gasteiger charge is 2.87. The van der Waals surface area contributed by atoms with Crippen molar-refractivity contribution in [1.82, 2.24) is 0 Å². The van der Waals surface area contributed by atoms with E-state index < -0.39 is 76.6 Å². The smallest absolute Gasteiger partial charge is 0.309 e. The maximum atomic E-state index is 12.6. The summed E-state index contributed by atoms with van der Waals surface area (Å²) >= 11 is 0. The lowest BCUT2D eigenvalue weighted by Crippen LogP contribution is -2.73. The molecule has 1 saturated carbocycles. The van der Waals surface area contributed by atoms with Crippen molar-refractivity contribution in [2.24, 2.45) is 10.8 Å². The van der Waals surface area contributed by atoms with Crippen molar-refractivity contribution < 1.29 is 53.4 Å². The molecular weight excluding hydrogens is 464 g/mol. The number of carbonyl (C=O) groups is 3. The Hall–Kier alpha value is -2.05. The summed E-state index contributed by atoms with van der Waals surface area (Å²) < 4.78 is 28.8. The van der Waals surface area contributed by atoms with Gasteiger partial charge in [0.2, 0.25) is 0 Å². The molecular formula is C24H34O11. The van der Waals surface area contributed by atoms with Gasteiger partial charge < -0.3 is 39.0 Å². The summed E-state index contributed by atoms with van der Waals surface area (Å²) in [6, 6.07) is 0. The molecule has 9 atom stereocenters. The van der Waals surface area contributed by atoms with Gasteiger partial charge in [-0.25, -0.2) is 0 Å². The Kier molecular flexibility index (Phi) is 6.13. The molecule has 2 bridgehead atoms. The minimum Gasteiger partial charge on any atom is -0.465 e. The van der Waals surface area contributed by atoms with E-state index in [9.17, 15) is 29.7 Å². The van der Waals surface area contributed by atoms with E-state index in [-0.39, 0.29) is 19.6 Å². The van der Waals surface area contributed by atoms with E-state index in [2.05, 4.69) is 0 Å². The molecule has 2 saturated heterocycles. The van der Waals surface area contributed by atoms with Crippen LogP contribution < -0.4 is 0 Å². The predicted octanol–water partition coefficient (Wildman–Crippen LogP) is -0.222. The van der Waals surface area contributed by atoms with E-state index in [1.165, 1.54) is 27.7 Å². The van der Waals surface area contributed by atoms with Gasteiger partial charge >= 0.3 is 17.9 Å². The van der Waals surface area contributed by atoms with Gasteiger partial charge in [0.25, 0.3) is 0 Å². The minimum absolute atomic E-state index is 0.163. The Balaban J connectivity index is 1.84. The molecule has 4 rings (SSSR count). The SMILES string of the molecule is CC(=O)OC[C@]12C(O)C(OC(=O)CC(C)(C)O)C(C)=C[C@H]1O[C@@H]1C(O)C(OC(C)=O)[C@@]2(C)[C@]12CO2. The molecule has 0 amide bonds. The topological polar surface area (TPSA) is 161 Å². The Bertz CT molecular complexity index is 948. The summed E-state index contributed by atoms with van der Waals surface area (Å²) in [7, 11) is 0. The average Bonchev–Trinajstić information content (AvgIpc) is 3.49. The largest absolute Gasteiger partial charge is 0.465 e. The molecule has 11 heteroatoms. The fraction of sp³-hybridized carbons (Fsp3) is 0.792. The van der Waals surface area contributed by atoms with E-state index in [1.54, 1.807) is 19.9 Å². The minimum atomic E-state index is -1.53. The Morgan fingerprint density at radius 1 is 1.17 bits per heavy atom. The van der Waals surface area contributed by atoms with Crippen LogP contribution in [-0.2, 0) is 38.1 Å². The monoisotopic (exact) mass is 498 g/mol. The van der Waals surface area contributed by atoms with Gasteiger partial charge in [-0.15, -0.1) is 0 Å². The number of hydrogen-bond acceptors (Lipinski definition) is 11. The second kappa shape index (κ2) is 8.24. The standard InChI is InChI=1S/C24H34O11/c1-11-7-14-23(9-31-12(2)25,18(29)17(11)35-15(27)8-21(4,5)30)22(6)19(33-13(3)26)16(28)20(34-14)24(22)10-32-24/h7,14,16-20,28-30H,8-10H2,1-6H3/t14-,16?,17?,18?,19?,20-,22-,23-,24+/m1/s1. The number of hydrogen-bond donors (Lipinski definition) is 3. The lowest BCUT2D eigenvalue weighted by Gasteiger charge is -2.60. The molecule has 11 nitrogen and oxygen atoms in total. The molecule has 3 N–H and O–H groups in total. The van der Waals surface area contributed by atoms with E-state index in [1.807, 2.05) is 0 Å². The first-order valence-electron chi connectivity index (χ1n) is 11.7. The van der Waals surface area contributed by atoms with Crippen LogP contribution in [0.4, 0.5) is 0 Å². The molecule has 4 aliphatic rings. The van der Waals surface area contributed by atoms with Crippen LogP contribution in [-0.4, -0.2) is 94.3 Å². The Labute approximate surface area is 203 Å². The van der Waals surface area contributed by atoms with E-state index in [4.69, 9.17) is 23.7 Å². The van der Waals surface area contributed by atoms with Crippen LogP contribution in [0.5, 0.6) is 0 Å². The van der Waals surface area contributed by atoms with Crippen molar-refractivity contribution in [3.05, 3.63) is 11.6 Å². The number of carbonyl (C=O) groups excluding carboxylic acids is 3. The normalized spacial score (nSPS) is 43.7. The summed E-state index contributed by atoms with van der Waals surface area (Å²) in [4.78, 5) is 36.6. The van der Waals surface area contributed by atoms with Gasteiger partial charge in [-0.1, -0.05) is 13.0 Å². The second-order valence-electron chi connectivity index (χ2n) is 11.0. The summed E-state index contributed by atoms with van der Waals surface area (Å²) in [6.45, 7) is 8.50. The van der Waals surface area contributed by atoms with Crippen molar-refractivity contribution in [2.75, 3.05) is 13.2 Å². The van der Waals surface area contributed by atoms with Crippen molar-refractivity contribution in [3.63, 3.8) is 0 Å². The summed E-state index contributed by atoms with van der Waals surface area (Å²) in [6.07, 6.45) is -5.52. The van der Waals surface area contributed by atoms with Gasteiger partial charge in [0, 0.05) is 13.8 Å². The van der Waals surface area contributed by atoms with Crippen molar-refractivity contribution in [1.29, 1.82) is 0 Å². The molecule has 3 fully saturated rings. The molecule has 2 aliphatic heterocycles. The van der Waals surface area contributed by atoms with Gasteiger partial charge in [0.15, 0.2) is 0 Å². The third kappa shape index (κ3) is 3.71. The molecule has 2 aliphatic carbocycles. The lowest BCUT2D eigenvalue weighted by atomic mass is 9.49. The third-order valence-electron chi connectivity index (χ3n) is 8.07. The molecule has 0 aromatic rings. The highest BCUT2D eigenvalue weighted by molar-refractivity contribution is 5.71. The zero-order valence-corrected chi connectivity index (χ0v) is 20.8. The predicted molar refractivity (Wildman–Crippen MR) is 117 cm³/mol. The number of esters is 3. The van der Waals surface area contributed by atoms with Gasteiger partial charge in [0.1, 0.15) is 42.7 Å². The van der Waals surface area contributed by atoms with E-state index >= 15 is 0 Å². The molecule has 0 aromatic carbocycles. The quantitative estimate of drug-likeness (QED) is 0.192. The number of rotatable bonds is 6. The average molecular weight is 499 g/mol. The number of fused-ring (bicyclic) bond motifs is 2. The van der Waals surface area contributed by atoms with Gasteiger partial charge in [-0.3, -0.25) is 14.4 Å². The van der Waals surface area contributed by atoms with Gasteiger partial charge in [-0.05, 0) is 26.3 Å². The third-order valence-corrected chi connectivity index (χ3v) is 8.07. The first-order valence-corrected chi connectivity index (χ1v) is 11.7. The van der Waals surface area contributed by atoms with Gasteiger partial charge in [-0.2, -0.15) is 0 Å². The highest BCUT2D eigenvalue weighted by atomic mass is 16.7. The van der Waals surface area contributed by atoms with Crippen LogP contribution in [0.15, 0.2) is 11.6 Å². The lowest BCUT2D eigenvalue weighted by molar-refractivity contribution is -0.276. The molecule has 0 radical (unpaired) electrons. The number of aliphatic hydroxyl groups excluding tert-OH is 2. The molecule has 35 heavy (non-hydrogen) atoms. The molecule has 2 heterocycles. The zero-order valence-electron chi connectivity index (χ0n) is 20.8. The van der Waals surface area contributed by atoms with Crippen LogP contribution in [0.25, 0.3) is 0 Å². The van der Waals surface area contributed by atoms with Crippen molar-refractivity contribution in [3.8, 4) is 0 Å². The highest BCUT2D eigenvalue weighted by Crippen LogP contribution is 2.72. The maximum absolute atomic E-state index is 12.6. The van der Waals surface area contributed by atoms with Crippen LogP contribution in [0, 0.1) is 10.8 Å². The van der Waals surface area contributed by atoms with E-state index in [0.29, 0.717) is 5.57 Å². The Morgan fingerprint density at radius 3 is 2.31 bits per heavy atom. The summed E-state index contributed by atoms with van der Waals surface area (Å²) in [5, 5.41) is 33.1. The number of ether oxygens (including phenoxy) is 5. The first kappa shape index (κ1) is 26.0. The van der Waals surface area contributed by atoms with Crippen molar-refractivity contribution >= 4 is 17.9 Å². The maximum Gasteiger partial charge on any atom is 0.309 e. The first-order chi connectivity index (χ1) is 16.1. The van der Waals surface area contributed by atoms with Crippen LogP contribution in [0.1, 0.15) is 48.0 Å². The van der Waals surface area contributed by atoms with Gasteiger partial charge in [0.05, 0.1) is 35.6 Å². The fourth-order valence-electron chi connectivity index (χ4n) is 6.39. The summed E-state index contributed by atoms with van der Waals surface area (Å²) in [5.74, 6) is -2.01. The van der Waals surface area contributed by atoms with Crippen LogP contribution >= 0.6 is 0 Å².